The van der Waals surface area contributed by atoms with Gasteiger partial charge in [0.1, 0.15) is 11.6 Å². The number of halogens is 1. The Morgan fingerprint density at radius 3 is 2.88 bits per heavy atom. The van der Waals surface area contributed by atoms with Crippen molar-refractivity contribution in [3.05, 3.63) is 47.5 Å². The number of aryl methyl sites for hydroxylation is 2. The summed E-state index contributed by atoms with van der Waals surface area (Å²) in [5.74, 6) is 1.54. The summed E-state index contributed by atoms with van der Waals surface area (Å²) in [5, 5.41) is 0.507. The molecular formula is C19H26ClN3O2. The minimum absolute atomic E-state index is 0.0585. The molecule has 1 heterocycles. The highest BCUT2D eigenvalue weighted by atomic mass is 35.5. The third-order valence-corrected chi connectivity index (χ3v) is 4.34. The van der Waals surface area contributed by atoms with E-state index in [1.54, 1.807) is 31.0 Å². The molecule has 0 bridgehead atoms. The number of carbonyl (C=O) groups excluding carboxylic acids is 1. The van der Waals surface area contributed by atoms with Gasteiger partial charge in [0.05, 0.1) is 5.02 Å². The molecule has 25 heavy (non-hydrogen) atoms. The largest absolute Gasteiger partial charge is 0.479 e. The molecule has 0 saturated carbocycles. The summed E-state index contributed by atoms with van der Waals surface area (Å²) in [5.41, 5.74) is 0. The first-order valence-corrected chi connectivity index (χ1v) is 9.07. The first-order chi connectivity index (χ1) is 12.0. The van der Waals surface area contributed by atoms with Crippen LogP contribution in [0.5, 0.6) is 5.75 Å². The van der Waals surface area contributed by atoms with Crippen LogP contribution < -0.4 is 4.74 Å². The molecule has 0 N–H and O–H groups in total. The van der Waals surface area contributed by atoms with Gasteiger partial charge in [-0.15, -0.1) is 0 Å². The van der Waals surface area contributed by atoms with Crippen LogP contribution in [0.2, 0.25) is 5.02 Å². The lowest BCUT2D eigenvalue weighted by atomic mass is 10.2. The van der Waals surface area contributed by atoms with Crippen molar-refractivity contribution in [1.29, 1.82) is 0 Å². The lowest BCUT2D eigenvalue weighted by Crippen LogP contribution is -2.38. The van der Waals surface area contributed by atoms with E-state index in [9.17, 15) is 4.79 Å². The van der Waals surface area contributed by atoms with Crippen LogP contribution in [0, 0.1) is 0 Å². The van der Waals surface area contributed by atoms with E-state index in [4.69, 9.17) is 16.3 Å². The molecule has 0 radical (unpaired) electrons. The molecule has 2 aromatic rings. The van der Waals surface area contributed by atoms with Crippen LogP contribution in [0.15, 0.2) is 36.7 Å². The average molecular weight is 364 g/mol. The number of imidazole rings is 1. The van der Waals surface area contributed by atoms with Gasteiger partial charge in [-0.25, -0.2) is 4.98 Å². The minimum atomic E-state index is -0.577. The Hall–Kier alpha value is -2.01. The van der Waals surface area contributed by atoms with Crippen molar-refractivity contribution < 1.29 is 9.53 Å². The minimum Gasteiger partial charge on any atom is -0.479 e. The third kappa shape index (κ3) is 5.49. The standard InChI is InChI=1S/C19H26ClN3O2/c1-4-12-23-14-11-21-18(23)10-7-13-22(3)19(24)15(2)25-17-9-6-5-8-16(17)20/h5-6,8-9,11,14-15H,4,7,10,12-13H2,1-3H3/t15-/m1/s1. The Balaban J connectivity index is 1.81. The van der Waals surface area contributed by atoms with E-state index in [0.29, 0.717) is 17.3 Å². The summed E-state index contributed by atoms with van der Waals surface area (Å²) in [6.45, 7) is 5.54. The van der Waals surface area contributed by atoms with E-state index in [-0.39, 0.29) is 5.91 Å². The summed E-state index contributed by atoms with van der Waals surface area (Å²) in [6.07, 6.45) is 6.06. The van der Waals surface area contributed by atoms with Crippen LogP contribution in [0.25, 0.3) is 0 Å². The molecule has 0 aliphatic rings. The van der Waals surface area contributed by atoms with Crippen LogP contribution in [0.3, 0.4) is 0 Å². The van der Waals surface area contributed by atoms with E-state index >= 15 is 0 Å². The molecule has 0 aliphatic heterocycles. The number of rotatable bonds is 9. The van der Waals surface area contributed by atoms with Crippen LogP contribution in [-0.4, -0.2) is 40.1 Å². The molecule has 5 nitrogen and oxygen atoms in total. The van der Waals surface area contributed by atoms with E-state index in [2.05, 4.69) is 16.5 Å². The number of aromatic nitrogens is 2. The number of ether oxygens (including phenoxy) is 1. The molecule has 136 valence electrons. The van der Waals surface area contributed by atoms with E-state index in [1.807, 2.05) is 24.5 Å². The monoisotopic (exact) mass is 363 g/mol. The number of benzene rings is 1. The average Bonchev–Trinajstić information content (AvgIpc) is 3.03. The second kappa shape index (κ2) is 9.47. The summed E-state index contributed by atoms with van der Waals surface area (Å²) in [7, 11) is 1.80. The zero-order valence-corrected chi connectivity index (χ0v) is 15.9. The highest BCUT2D eigenvalue weighted by Crippen LogP contribution is 2.24. The van der Waals surface area contributed by atoms with E-state index < -0.39 is 6.10 Å². The summed E-state index contributed by atoms with van der Waals surface area (Å²) in [4.78, 5) is 18.6. The van der Waals surface area contributed by atoms with Crippen molar-refractivity contribution in [3.8, 4) is 5.75 Å². The Bertz CT molecular complexity index is 687. The van der Waals surface area contributed by atoms with Gasteiger partial charge in [0.2, 0.25) is 0 Å². The van der Waals surface area contributed by atoms with Gasteiger partial charge in [-0.1, -0.05) is 30.7 Å². The van der Waals surface area contributed by atoms with E-state index in [0.717, 1.165) is 31.6 Å². The molecule has 0 aliphatic carbocycles. The van der Waals surface area contributed by atoms with Crippen LogP contribution in [0.4, 0.5) is 0 Å². The smallest absolute Gasteiger partial charge is 0.263 e. The summed E-state index contributed by atoms with van der Waals surface area (Å²) >= 11 is 6.07. The second-order valence-corrected chi connectivity index (χ2v) is 6.50. The normalized spacial score (nSPS) is 12.0. The zero-order chi connectivity index (χ0) is 18.2. The maximum absolute atomic E-state index is 12.5. The Morgan fingerprint density at radius 1 is 1.40 bits per heavy atom. The SMILES string of the molecule is CCCn1ccnc1CCCN(C)C(=O)[C@@H](C)Oc1ccccc1Cl. The van der Waals surface area contributed by atoms with Crippen molar-refractivity contribution in [2.45, 2.75) is 45.8 Å². The molecule has 6 heteroatoms. The van der Waals surface area contributed by atoms with Gasteiger partial charge in [0.25, 0.3) is 5.91 Å². The fourth-order valence-corrected chi connectivity index (χ4v) is 2.87. The highest BCUT2D eigenvalue weighted by molar-refractivity contribution is 6.32. The molecule has 1 aromatic heterocycles. The van der Waals surface area contributed by atoms with Crippen molar-refractivity contribution in [3.63, 3.8) is 0 Å². The van der Waals surface area contributed by atoms with Crippen LogP contribution in [-0.2, 0) is 17.8 Å². The van der Waals surface area contributed by atoms with Gasteiger partial charge in [0, 0.05) is 39.0 Å². The lowest BCUT2D eigenvalue weighted by molar-refractivity contribution is -0.136. The zero-order valence-electron chi connectivity index (χ0n) is 15.1. The number of likely N-dealkylation sites (N-methyl/N-ethyl adjacent to an activating group) is 1. The van der Waals surface area contributed by atoms with Crippen molar-refractivity contribution in [2.24, 2.45) is 0 Å². The van der Waals surface area contributed by atoms with Gasteiger partial charge in [-0.05, 0) is 31.9 Å². The molecule has 1 aromatic carbocycles. The number of carbonyl (C=O) groups is 1. The maximum Gasteiger partial charge on any atom is 0.263 e. The molecule has 2 rings (SSSR count). The summed E-state index contributed by atoms with van der Waals surface area (Å²) < 4.78 is 7.86. The first-order valence-electron chi connectivity index (χ1n) is 8.69. The van der Waals surface area contributed by atoms with Crippen molar-refractivity contribution in [2.75, 3.05) is 13.6 Å². The Kier molecular flexibility index (Phi) is 7.31. The Labute approximate surface area is 154 Å². The summed E-state index contributed by atoms with van der Waals surface area (Å²) in [6, 6.07) is 7.17. The van der Waals surface area contributed by atoms with Crippen LogP contribution in [0.1, 0.15) is 32.5 Å². The van der Waals surface area contributed by atoms with Gasteiger partial charge < -0.3 is 14.2 Å². The van der Waals surface area contributed by atoms with Crippen molar-refractivity contribution in [1.82, 2.24) is 14.5 Å². The number of nitrogens with zero attached hydrogens (tertiary/aromatic N) is 3. The fourth-order valence-electron chi connectivity index (χ4n) is 2.69. The fraction of sp³-hybridized carbons (Fsp3) is 0.474. The number of amides is 1. The predicted molar refractivity (Wildman–Crippen MR) is 100 cm³/mol. The molecule has 0 spiro atoms. The van der Waals surface area contributed by atoms with Gasteiger partial charge in [0.15, 0.2) is 6.10 Å². The number of hydrogen-bond acceptors (Lipinski definition) is 3. The van der Waals surface area contributed by atoms with Gasteiger partial charge >= 0.3 is 0 Å². The quantitative estimate of drug-likeness (QED) is 0.680. The maximum atomic E-state index is 12.5. The first kappa shape index (κ1) is 19.3. The van der Waals surface area contributed by atoms with Crippen LogP contribution >= 0.6 is 11.6 Å². The number of para-hydroxylation sites is 1. The lowest BCUT2D eigenvalue weighted by Gasteiger charge is -2.22. The molecule has 1 atom stereocenters. The Morgan fingerprint density at radius 2 is 2.16 bits per heavy atom. The molecule has 1 amide bonds. The van der Waals surface area contributed by atoms with Gasteiger partial charge in [-0.3, -0.25) is 4.79 Å². The van der Waals surface area contributed by atoms with Gasteiger partial charge in [-0.2, -0.15) is 0 Å². The second-order valence-electron chi connectivity index (χ2n) is 6.09. The van der Waals surface area contributed by atoms with E-state index in [1.165, 1.54) is 0 Å². The topological polar surface area (TPSA) is 47.4 Å². The molecular weight excluding hydrogens is 338 g/mol. The highest BCUT2D eigenvalue weighted by Gasteiger charge is 2.20. The third-order valence-electron chi connectivity index (χ3n) is 4.02. The molecule has 0 fully saturated rings. The predicted octanol–water partition coefficient (Wildman–Crippen LogP) is 3.81. The van der Waals surface area contributed by atoms with Crippen molar-refractivity contribution >= 4 is 17.5 Å². The molecule has 0 saturated heterocycles. The number of hydrogen-bond donors (Lipinski definition) is 0. The molecule has 0 unspecified atom stereocenters.